The van der Waals surface area contributed by atoms with Gasteiger partial charge in [-0.1, -0.05) is 18.2 Å². The monoisotopic (exact) mass is 395 g/mol. The number of benzene rings is 2. The smallest absolute Gasteiger partial charge is 0.243 e. The van der Waals surface area contributed by atoms with Crippen molar-refractivity contribution in [3.8, 4) is 0 Å². The van der Waals surface area contributed by atoms with Gasteiger partial charge in [-0.3, -0.25) is 9.69 Å². The zero-order chi connectivity index (χ0) is 19.4. The van der Waals surface area contributed by atoms with E-state index in [1.54, 1.807) is 12.1 Å². The first-order valence-electron chi connectivity index (χ1n) is 8.38. The van der Waals surface area contributed by atoms with Gasteiger partial charge in [0, 0.05) is 37.9 Å². The van der Waals surface area contributed by atoms with Crippen LogP contribution in [0.25, 0.3) is 0 Å². The van der Waals surface area contributed by atoms with Crippen molar-refractivity contribution >= 4 is 21.6 Å². The molecule has 1 fully saturated rings. The van der Waals surface area contributed by atoms with Crippen LogP contribution in [0.2, 0.25) is 0 Å². The summed E-state index contributed by atoms with van der Waals surface area (Å²) in [5, 5.41) is 2.77. The largest absolute Gasteiger partial charge is 0.325 e. The number of carbonyl (C=O) groups excluding carboxylic acids is 1. The lowest BCUT2D eigenvalue weighted by Gasteiger charge is -2.33. The van der Waals surface area contributed by atoms with Crippen molar-refractivity contribution < 1.29 is 22.0 Å². The van der Waals surface area contributed by atoms with Gasteiger partial charge >= 0.3 is 0 Å². The van der Waals surface area contributed by atoms with E-state index in [9.17, 15) is 22.0 Å². The minimum absolute atomic E-state index is 0.136. The molecular weight excluding hydrogens is 376 g/mol. The van der Waals surface area contributed by atoms with Gasteiger partial charge in [0.15, 0.2) is 0 Å². The molecular formula is C18H19F2N3O3S. The molecule has 2 aromatic rings. The van der Waals surface area contributed by atoms with E-state index in [-0.39, 0.29) is 25.5 Å². The van der Waals surface area contributed by atoms with Gasteiger partial charge in [0.05, 0.1) is 11.4 Å². The number of amides is 1. The van der Waals surface area contributed by atoms with E-state index in [2.05, 4.69) is 5.32 Å². The first kappa shape index (κ1) is 19.4. The van der Waals surface area contributed by atoms with Crippen LogP contribution in [0.3, 0.4) is 0 Å². The lowest BCUT2D eigenvalue weighted by molar-refractivity contribution is -0.117. The molecule has 2 aromatic carbocycles. The molecule has 6 nitrogen and oxygen atoms in total. The first-order chi connectivity index (χ1) is 12.8. The number of anilines is 1. The summed E-state index contributed by atoms with van der Waals surface area (Å²) in [6.07, 6.45) is 0. The second-order valence-electron chi connectivity index (χ2n) is 6.20. The van der Waals surface area contributed by atoms with E-state index in [1.807, 2.05) is 23.1 Å². The average molecular weight is 395 g/mol. The van der Waals surface area contributed by atoms with Crippen molar-refractivity contribution in [2.24, 2.45) is 0 Å². The molecule has 0 bridgehead atoms. The van der Waals surface area contributed by atoms with Crippen LogP contribution in [-0.2, 0) is 14.8 Å². The van der Waals surface area contributed by atoms with Gasteiger partial charge in [-0.2, -0.15) is 4.31 Å². The first-order valence-corrected chi connectivity index (χ1v) is 9.82. The average Bonchev–Trinajstić information content (AvgIpc) is 2.62. The molecule has 27 heavy (non-hydrogen) atoms. The summed E-state index contributed by atoms with van der Waals surface area (Å²) in [5.41, 5.74) is 0.692. The van der Waals surface area contributed by atoms with Crippen LogP contribution in [0.4, 0.5) is 14.5 Å². The van der Waals surface area contributed by atoms with E-state index < -0.39 is 26.6 Å². The quantitative estimate of drug-likeness (QED) is 0.840. The maximum Gasteiger partial charge on any atom is 0.243 e. The Labute approximate surface area is 156 Å². The molecule has 1 aliphatic rings. The van der Waals surface area contributed by atoms with Gasteiger partial charge in [0.25, 0.3) is 0 Å². The number of hydrogen-bond acceptors (Lipinski definition) is 4. The highest BCUT2D eigenvalue weighted by atomic mass is 32.2. The van der Waals surface area contributed by atoms with Gasteiger partial charge in [-0.15, -0.1) is 0 Å². The molecule has 0 spiro atoms. The lowest BCUT2D eigenvalue weighted by atomic mass is 10.3. The lowest BCUT2D eigenvalue weighted by Crippen LogP contribution is -2.50. The minimum atomic E-state index is -3.98. The molecule has 144 valence electrons. The van der Waals surface area contributed by atoms with Crippen molar-refractivity contribution in [3.05, 3.63) is 60.2 Å². The molecule has 0 unspecified atom stereocenters. The second kappa shape index (κ2) is 8.12. The number of nitrogens with zero attached hydrogens (tertiary/aromatic N) is 2. The molecule has 9 heteroatoms. The summed E-state index contributed by atoms with van der Waals surface area (Å²) in [5.74, 6) is -2.07. The van der Waals surface area contributed by atoms with Crippen LogP contribution in [0.1, 0.15) is 0 Å². The predicted octanol–water partition coefficient (Wildman–Crippen LogP) is 1.91. The molecule has 0 aliphatic carbocycles. The van der Waals surface area contributed by atoms with Gasteiger partial charge in [0.1, 0.15) is 11.6 Å². The molecule has 1 aliphatic heterocycles. The van der Waals surface area contributed by atoms with Crippen LogP contribution in [0.15, 0.2) is 53.4 Å². The summed E-state index contributed by atoms with van der Waals surface area (Å²) >= 11 is 0. The van der Waals surface area contributed by atoms with Crippen molar-refractivity contribution in [2.75, 3.05) is 38.0 Å². The fourth-order valence-corrected chi connectivity index (χ4v) is 4.34. The number of nitrogens with one attached hydrogen (secondary N) is 1. The second-order valence-corrected chi connectivity index (χ2v) is 8.14. The Bertz CT molecular complexity index is 894. The molecule has 0 radical (unpaired) electrons. The number of sulfonamides is 1. The number of para-hydroxylation sites is 1. The standard InChI is InChI=1S/C18H19F2N3O3S/c19-14-10-15(20)12-17(11-14)27(25,26)23-8-6-22(7-9-23)13-18(24)21-16-4-2-1-3-5-16/h1-5,10-12H,6-9,13H2,(H,21,24). The Hall–Kier alpha value is -2.36. The van der Waals surface area contributed by atoms with Crippen molar-refractivity contribution in [1.29, 1.82) is 0 Å². The number of rotatable bonds is 5. The third-order valence-corrected chi connectivity index (χ3v) is 6.11. The third-order valence-electron chi connectivity index (χ3n) is 4.23. The topological polar surface area (TPSA) is 69.7 Å². The van der Waals surface area contributed by atoms with Crippen LogP contribution in [0, 0.1) is 11.6 Å². The zero-order valence-electron chi connectivity index (χ0n) is 14.4. The summed E-state index contributed by atoms with van der Waals surface area (Å²) in [4.78, 5) is 13.5. The molecule has 1 heterocycles. The van der Waals surface area contributed by atoms with E-state index in [0.29, 0.717) is 24.8 Å². The predicted molar refractivity (Wildman–Crippen MR) is 96.6 cm³/mol. The molecule has 1 saturated heterocycles. The Balaban J connectivity index is 1.57. The maximum absolute atomic E-state index is 13.3. The van der Waals surface area contributed by atoms with Crippen molar-refractivity contribution in [3.63, 3.8) is 0 Å². The van der Waals surface area contributed by atoms with Crippen molar-refractivity contribution in [2.45, 2.75) is 4.90 Å². The Morgan fingerprint density at radius 1 is 0.963 bits per heavy atom. The van der Waals surface area contributed by atoms with Gasteiger partial charge in [-0.25, -0.2) is 17.2 Å². The highest BCUT2D eigenvalue weighted by Gasteiger charge is 2.29. The summed E-state index contributed by atoms with van der Waals surface area (Å²) < 4.78 is 53.0. The molecule has 3 rings (SSSR count). The van der Waals surface area contributed by atoms with Gasteiger partial charge in [0.2, 0.25) is 15.9 Å². The normalized spacial score (nSPS) is 16.2. The summed E-state index contributed by atoms with van der Waals surface area (Å²) in [6.45, 7) is 1.11. The molecule has 1 N–H and O–H groups in total. The van der Waals surface area contributed by atoms with Gasteiger partial charge < -0.3 is 5.32 Å². The SMILES string of the molecule is O=C(CN1CCN(S(=O)(=O)c2cc(F)cc(F)c2)CC1)Nc1ccccc1. The molecule has 1 amide bonds. The number of hydrogen-bond donors (Lipinski definition) is 1. The third kappa shape index (κ3) is 4.88. The van der Waals surface area contributed by atoms with Crippen molar-refractivity contribution in [1.82, 2.24) is 9.21 Å². The minimum Gasteiger partial charge on any atom is -0.325 e. The Morgan fingerprint density at radius 3 is 2.15 bits per heavy atom. The number of halogens is 2. The van der Waals surface area contributed by atoms with Crippen LogP contribution >= 0.6 is 0 Å². The summed E-state index contributed by atoms with van der Waals surface area (Å²) in [7, 11) is -3.98. The fourth-order valence-electron chi connectivity index (χ4n) is 2.88. The van der Waals surface area contributed by atoms with Gasteiger partial charge in [-0.05, 0) is 24.3 Å². The zero-order valence-corrected chi connectivity index (χ0v) is 15.3. The summed E-state index contributed by atoms with van der Waals surface area (Å²) in [6, 6.07) is 11.3. The number of piperazine rings is 1. The molecule has 0 saturated carbocycles. The van der Waals surface area contributed by atoms with E-state index >= 15 is 0 Å². The van der Waals surface area contributed by atoms with Crippen LogP contribution in [-0.4, -0.2) is 56.3 Å². The molecule has 0 aromatic heterocycles. The Kier molecular flexibility index (Phi) is 5.83. The van der Waals surface area contributed by atoms with E-state index in [0.717, 1.165) is 12.1 Å². The van der Waals surface area contributed by atoms with E-state index in [4.69, 9.17) is 0 Å². The number of carbonyl (C=O) groups is 1. The highest BCUT2D eigenvalue weighted by molar-refractivity contribution is 7.89. The van der Waals surface area contributed by atoms with Crippen LogP contribution in [0.5, 0.6) is 0 Å². The Morgan fingerprint density at radius 2 is 1.56 bits per heavy atom. The fraction of sp³-hybridized carbons (Fsp3) is 0.278. The van der Waals surface area contributed by atoms with Crippen LogP contribution < -0.4 is 5.32 Å². The maximum atomic E-state index is 13.3. The van der Waals surface area contributed by atoms with E-state index in [1.165, 1.54) is 4.31 Å². The molecule has 0 atom stereocenters. The highest BCUT2D eigenvalue weighted by Crippen LogP contribution is 2.20.